The largest absolute Gasteiger partial charge is 0.319 e. The Morgan fingerprint density at radius 1 is 1.15 bits per heavy atom. The molecule has 0 aromatic rings. The highest BCUT2D eigenvalue weighted by atomic mass is 31.1. The average molecular weight is 224 g/mol. The molecule has 0 fully saturated rings. The van der Waals surface area contributed by atoms with Crippen molar-refractivity contribution in [3.8, 4) is 0 Å². The number of rotatable bonds is 7. The van der Waals surface area contributed by atoms with E-state index in [1.807, 2.05) is 6.92 Å². The quantitative estimate of drug-likeness (QED) is 0.492. The van der Waals surface area contributed by atoms with Crippen LogP contribution >= 0.6 is 8.25 Å². The predicted octanol–water partition coefficient (Wildman–Crippen LogP) is 3.16. The molecule has 5 heteroatoms. The molecule has 0 radical (unpaired) electrons. The minimum Gasteiger partial charge on any atom is -0.311 e. The highest BCUT2D eigenvalue weighted by molar-refractivity contribution is 7.33. The molecule has 13 heavy (non-hydrogen) atoms. The monoisotopic (exact) mass is 224 g/mol. The van der Waals surface area contributed by atoms with E-state index in [9.17, 15) is 4.57 Å². The van der Waals surface area contributed by atoms with Gasteiger partial charge < -0.3 is 9.05 Å². The minimum atomic E-state index is -2.20. The fraction of sp³-hybridized carbons (Fsp3) is 1.00. The molecular weight excluding hydrogens is 203 g/mol. The summed E-state index contributed by atoms with van der Waals surface area (Å²) in [7, 11) is -3.26. The molecule has 0 bridgehead atoms. The Kier molecular flexibility index (Phi) is 6.96. The SMILES string of the molecule is CCCO[PH](=O)OCC[Si](C)(C)C. The summed E-state index contributed by atoms with van der Waals surface area (Å²) >= 11 is 0. The summed E-state index contributed by atoms with van der Waals surface area (Å²) in [5.41, 5.74) is 0. The van der Waals surface area contributed by atoms with Crippen molar-refractivity contribution in [2.75, 3.05) is 13.2 Å². The lowest BCUT2D eigenvalue weighted by Crippen LogP contribution is -2.20. The van der Waals surface area contributed by atoms with Crippen LogP contribution in [0.1, 0.15) is 13.3 Å². The van der Waals surface area contributed by atoms with Crippen molar-refractivity contribution in [2.24, 2.45) is 0 Å². The van der Waals surface area contributed by atoms with E-state index >= 15 is 0 Å². The normalized spacial score (nSPS) is 14.5. The second-order valence-electron chi connectivity index (χ2n) is 4.26. The summed E-state index contributed by atoms with van der Waals surface area (Å²) in [4.78, 5) is 0. The lowest BCUT2D eigenvalue weighted by atomic mass is 10.5. The summed E-state index contributed by atoms with van der Waals surface area (Å²) < 4.78 is 21.1. The van der Waals surface area contributed by atoms with E-state index in [1.54, 1.807) is 0 Å². The van der Waals surface area contributed by atoms with Crippen molar-refractivity contribution >= 4 is 16.3 Å². The van der Waals surface area contributed by atoms with E-state index in [4.69, 9.17) is 9.05 Å². The first kappa shape index (κ1) is 13.4. The Hall–Kier alpha value is 0.367. The van der Waals surface area contributed by atoms with Crippen LogP contribution in [0.2, 0.25) is 25.7 Å². The Balaban J connectivity index is 3.37. The topological polar surface area (TPSA) is 35.5 Å². The molecule has 0 aromatic carbocycles. The van der Waals surface area contributed by atoms with Gasteiger partial charge in [-0.2, -0.15) is 0 Å². The molecule has 1 atom stereocenters. The first-order chi connectivity index (χ1) is 5.95. The molecule has 1 unspecified atom stereocenters. The minimum absolute atomic E-state index is 0.532. The van der Waals surface area contributed by atoms with Crippen LogP contribution in [-0.2, 0) is 13.6 Å². The molecular formula is C8H21O3PSi. The van der Waals surface area contributed by atoms with Crippen LogP contribution in [0, 0.1) is 0 Å². The molecule has 0 aliphatic carbocycles. The molecule has 0 aromatic heterocycles. The molecule has 0 spiro atoms. The molecule has 0 aliphatic heterocycles. The van der Waals surface area contributed by atoms with E-state index in [0.29, 0.717) is 13.2 Å². The number of hydrogen-bond acceptors (Lipinski definition) is 3. The summed E-state index contributed by atoms with van der Waals surface area (Å²) in [6.45, 7) is 9.89. The Labute approximate surface area is 82.8 Å². The molecule has 80 valence electrons. The maximum absolute atomic E-state index is 11.0. The lowest BCUT2D eigenvalue weighted by Gasteiger charge is -2.14. The molecule has 0 amide bonds. The third kappa shape index (κ3) is 10.3. The molecule has 0 aliphatic rings. The van der Waals surface area contributed by atoms with Crippen molar-refractivity contribution in [1.82, 2.24) is 0 Å². The second-order valence-corrected chi connectivity index (χ2v) is 11.0. The lowest BCUT2D eigenvalue weighted by molar-refractivity contribution is 0.233. The van der Waals surface area contributed by atoms with Gasteiger partial charge in [0, 0.05) is 8.07 Å². The van der Waals surface area contributed by atoms with Crippen LogP contribution in [-0.4, -0.2) is 21.3 Å². The van der Waals surface area contributed by atoms with Gasteiger partial charge in [0.25, 0.3) is 0 Å². The third-order valence-electron chi connectivity index (χ3n) is 1.50. The van der Waals surface area contributed by atoms with Gasteiger partial charge in [0.2, 0.25) is 0 Å². The van der Waals surface area contributed by atoms with Crippen LogP contribution in [0.5, 0.6) is 0 Å². The van der Waals surface area contributed by atoms with Crippen LogP contribution < -0.4 is 0 Å². The molecule has 0 rings (SSSR count). The average Bonchev–Trinajstić information content (AvgIpc) is 1.98. The Morgan fingerprint density at radius 3 is 2.15 bits per heavy atom. The summed E-state index contributed by atoms with van der Waals surface area (Å²) in [6, 6.07) is 1.04. The molecule has 0 N–H and O–H groups in total. The Morgan fingerprint density at radius 2 is 1.69 bits per heavy atom. The van der Waals surface area contributed by atoms with Crippen molar-refractivity contribution in [3.63, 3.8) is 0 Å². The molecule has 0 saturated carbocycles. The fourth-order valence-electron chi connectivity index (χ4n) is 0.668. The maximum Gasteiger partial charge on any atom is 0.319 e. The van der Waals surface area contributed by atoms with Gasteiger partial charge in [0.1, 0.15) is 0 Å². The van der Waals surface area contributed by atoms with Crippen LogP contribution in [0.15, 0.2) is 0 Å². The summed E-state index contributed by atoms with van der Waals surface area (Å²) in [6.07, 6.45) is 0.883. The van der Waals surface area contributed by atoms with Crippen LogP contribution in [0.4, 0.5) is 0 Å². The van der Waals surface area contributed by atoms with Crippen molar-refractivity contribution in [3.05, 3.63) is 0 Å². The van der Waals surface area contributed by atoms with E-state index in [0.717, 1.165) is 12.5 Å². The van der Waals surface area contributed by atoms with E-state index in [-0.39, 0.29) is 0 Å². The van der Waals surface area contributed by atoms with Gasteiger partial charge in [-0.1, -0.05) is 26.6 Å². The summed E-state index contributed by atoms with van der Waals surface area (Å²) in [5, 5.41) is 0. The standard InChI is InChI=1S/C8H21O3PSi/c1-5-6-10-12(9)11-7-8-13(2,3)4/h12H,5-8H2,1-4H3. The first-order valence-corrected chi connectivity index (χ1v) is 9.68. The smallest absolute Gasteiger partial charge is 0.311 e. The van der Waals surface area contributed by atoms with Crippen molar-refractivity contribution < 1.29 is 13.6 Å². The van der Waals surface area contributed by atoms with Crippen molar-refractivity contribution in [2.45, 2.75) is 39.0 Å². The van der Waals surface area contributed by atoms with E-state index in [1.165, 1.54) is 0 Å². The Bertz CT molecular complexity index is 156. The van der Waals surface area contributed by atoms with Gasteiger partial charge in [0.15, 0.2) is 0 Å². The van der Waals surface area contributed by atoms with Crippen molar-refractivity contribution in [1.29, 1.82) is 0 Å². The highest BCUT2D eigenvalue weighted by Gasteiger charge is 2.12. The van der Waals surface area contributed by atoms with Gasteiger partial charge in [-0.15, -0.1) is 0 Å². The third-order valence-corrected chi connectivity index (χ3v) is 4.08. The highest BCUT2D eigenvalue weighted by Crippen LogP contribution is 2.25. The maximum atomic E-state index is 11.0. The number of hydrogen-bond donors (Lipinski definition) is 0. The molecule has 0 saturated heterocycles. The van der Waals surface area contributed by atoms with Gasteiger partial charge in [-0.25, -0.2) is 0 Å². The van der Waals surface area contributed by atoms with Gasteiger partial charge >= 0.3 is 8.25 Å². The van der Waals surface area contributed by atoms with Gasteiger partial charge in [-0.3, -0.25) is 4.57 Å². The zero-order valence-electron chi connectivity index (χ0n) is 9.05. The first-order valence-electron chi connectivity index (χ1n) is 4.75. The summed E-state index contributed by atoms with van der Waals surface area (Å²) in [5.74, 6) is 0. The van der Waals surface area contributed by atoms with E-state index in [2.05, 4.69) is 19.6 Å². The van der Waals surface area contributed by atoms with E-state index < -0.39 is 16.3 Å². The second kappa shape index (κ2) is 6.77. The fourth-order valence-corrected chi connectivity index (χ4v) is 2.31. The predicted molar refractivity (Wildman–Crippen MR) is 59.3 cm³/mol. The molecule has 0 heterocycles. The zero-order chi connectivity index (χ0) is 10.3. The molecule has 3 nitrogen and oxygen atoms in total. The van der Waals surface area contributed by atoms with Crippen LogP contribution in [0.25, 0.3) is 0 Å². The van der Waals surface area contributed by atoms with Crippen LogP contribution in [0.3, 0.4) is 0 Å². The zero-order valence-corrected chi connectivity index (χ0v) is 11.1. The van der Waals surface area contributed by atoms with Gasteiger partial charge in [-0.05, 0) is 12.5 Å². The van der Waals surface area contributed by atoms with Gasteiger partial charge in [0.05, 0.1) is 13.2 Å².